The molecule has 0 spiro atoms. The Hall–Kier alpha value is -6.58. The fraction of sp³-hybridized carbons (Fsp3) is 0.255. The lowest BCUT2D eigenvalue weighted by Gasteiger charge is -2.22. The zero-order valence-corrected chi connectivity index (χ0v) is 40.1. The van der Waals surface area contributed by atoms with Crippen LogP contribution in [0.3, 0.4) is 0 Å². The van der Waals surface area contributed by atoms with Gasteiger partial charge in [0.25, 0.3) is 20.2 Å². The van der Waals surface area contributed by atoms with Gasteiger partial charge in [-0.3, -0.25) is 9.11 Å². The Bertz CT molecular complexity index is 3000. The molecule has 0 saturated carbocycles. The number of benzene rings is 6. The number of fused-ring (bicyclic) bond motifs is 2. The van der Waals surface area contributed by atoms with E-state index in [4.69, 9.17) is 15.0 Å². The summed E-state index contributed by atoms with van der Waals surface area (Å²) in [7, 11) is -9.34. The van der Waals surface area contributed by atoms with E-state index in [0.717, 1.165) is 30.0 Å². The number of nitrogens with zero attached hydrogens (tertiary/aromatic N) is 9. The summed E-state index contributed by atoms with van der Waals surface area (Å²) >= 11 is 1.45. The van der Waals surface area contributed by atoms with Gasteiger partial charge in [-0.05, 0) is 93.4 Å². The Labute approximate surface area is 394 Å². The summed E-state index contributed by atoms with van der Waals surface area (Å²) in [5.74, 6) is 1.05. The number of hydrogen-bond donors (Lipinski definition) is 4. The number of nitrogens with one attached hydrogen (secondary N) is 2. The van der Waals surface area contributed by atoms with Gasteiger partial charge < -0.3 is 20.4 Å². The molecule has 7 rings (SSSR count). The monoisotopic (exact) mass is 961 g/mol. The number of rotatable bonds is 20. The van der Waals surface area contributed by atoms with Crippen LogP contribution in [0, 0.1) is 0 Å². The molecule has 0 bridgehead atoms. The second-order valence-electron chi connectivity index (χ2n) is 15.1. The van der Waals surface area contributed by atoms with Crippen molar-refractivity contribution in [3.63, 3.8) is 0 Å². The first-order valence-electron chi connectivity index (χ1n) is 21.8. The van der Waals surface area contributed by atoms with Crippen molar-refractivity contribution in [1.82, 2.24) is 15.0 Å². The third kappa shape index (κ3) is 11.5. The van der Waals surface area contributed by atoms with Crippen molar-refractivity contribution in [1.29, 1.82) is 0 Å². The lowest BCUT2D eigenvalue weighted by Crippen LogP contribution is -2.21. The second kappa shape index (κ2) is 21.4. The van der Waals surface area contributed by atoms with Crippen molar-refractivity contribution < 1.29 is 25.9 Å². The van der Waals surface area contributed by atoms with Crippen LogP contribution < -0.4 is 20.4 Å². The quantitative estimate of drug-likeness (QED) is 0.0241. The highest BCUT2D eigenvalue weighted by Crippen LogP contribution is 2.40. The summed E-state index contributed by atoms with van der Waals surface area (Å²) in [6.45, 7) is 13.1. The van der Waals surface area contributed by atoms with Crippen molar-refractivity contribution in [2.75, 3.05) is 52.4 Å². The van der Waals surface area contributed by atoms with Crippen molar-refractivity contribution in [3.05, 3.63) is 109 Å². The van der Waals surface area contributed by atoms with Gasteiger partial charge in [0.1, 0.15) is 32.5 Å². The molecule has 0 aliphatic carbocycles. The molecule has 0 aliphatic heterocycles. The highest BCUT2D eigenvalue weighted by Gasteiger charge is 2.21. The predicted molar refractivity (Wildman–Crippen MR) is 268 cm³/mol. The van der Waals surface area contributed by atoms with Crippen molar-refractivity contribution in [3.8, 4) is 0 Å². The number of unbranched alkanes of at least 4 members (excludes halogenated alkanes) is 1. The first-order valence-corrected chi connectivity index (χ1v) is 25.6. The van der Waals surface area contributed by atoms with Crippen LogP contribution in [0.25, 0.3) is 21.5 Å². The van der Waals surface area contributed by atoms with Gasteiger partial charge in [0, 0.05) is 54.1 Å². The number of anilines is 6. The lowest BCUT2D eigenvalue weighted by molar-refractivity contribution is 0.481. The molecular weight excluding hydrogens is 911 g/mol. The molecule has 1 aromatic heterocycles. The average molecular weight is 962 g/mol. The highest BCUT2D eigenvalue weighted by molar-refractivity contribution is 7.99. The molecule has 0 unspecified atom stereocenters. The van der Waals surface area contributed by atoms with E-state index < -0.39 is 20.2 Å². The zero-order valence-electron chi connectivity index (χ0n) is 37.6. The molecule has 0 aliphatic rings. The van der Waals surface area contributed by atoms with E-state index in [2.05, 4.69) is 47.8 Å². The number of aromatic nitrogens is 3. The standard InChI is InChI=1S/C47H51N11O6S3/c1-6-11-28-65-47-51-45(48-39-29-33(57(7-2)8-3)22-24-37(39)53-55-43-35-18-14-12-16-31(35)20-26-41(43)66(59,60)61)50-46(52-47)49-40-30-34(58(9-4)10-5)23-25-38(40)54-56-44-36-19-15-13-17-32(36)21-27-42(44)67(62,63)64/h12-27,29-30H,6-11,28H2,1-5H3,(H,59,60,61)(H,62,63,64)(H2,48,49,50,51,52). The largest absolute Gasteiger partial charge is 0.372 e. The molecule has 7 aromatic rings. The van der Waals surface area contributed by atoms with Crippen molar-refractivity contribution in [2.45, 2.75) is 62.4 Å². The Kier molecular flexibility index (Phi) is 15.4. The fourth-order valence-electron chi connectivity index (χ4n) is 7.38. The summed E-state index contributed by atoms with van der Waals surface area (Å²) in [6.07, 6.45) is 1.87. The van der Waals surface area contributed by atoms with Crippen LogP contribution in [0.15, 0.2) is 145 Å². The molecular formula is C47H51N11O6S3. The molecule has 17 nitrogen and oxygen atoms in total. The Morgan fingerprint density at radius 2 is 0.985 bits per heavy atom. The van der Waals surface area contributed by atoms with Crippen LogP contribution in [0.4, 0.5) is 57.4 Å². The first-order chi connectivity index (χ1) is 32.2. The van der Waals surface area contributed by atoms with Gasteiger partial charge in [-0.15, -0.1) is 20.5 Å². The van der Waals surface area contributed by atoms with E-state index in [9.17, 15) is 25.9 Å². The maximum Gasteiger partial charge on any atom is 0.296 e. The first kappa shape index (κ1) is 48.4. The molecule has 0 saturated heterocycles. The number of azo groups is 2. The minimum Gasteiger partial charge on any atom is -0.372 e. The molecule has 348 valence electrons. The molecule has 67 heavy (non-hydrogen) atoms. The van der Waals surface area contributed by atoms with Crippen molar-refractivity contribution >= 4 is 111 Å². The van der Waals surface area contributed by atoms with Crippen LogP contribution in [0.1, 0.15) is 47.5 Å². The number of hydrogen-bond acceptors (Lipinski definition) is 16. The van der Waals surface area contributed by atoms with Gasteiger partial charge in [-0.2, -0.15) is 31.8 Å². The smallest absolute Gasteiger partial charge is 0.296 e. The van der Waals surface area contributed by atoms with Crippen LogP contribution in [-0.2, 0) is 20.2 Å². The molecule has 0 amide bonds. The van der Waals surface area contributed by atoms with Gasteiger partial charge in [0.05, 0.1) is 11.4 Å². The molecule has 1 heterocycles. The van der Waals surface area contributed by atoms with Crippen LogP contribution in [0.2, 0.25) is 0 Å². The SMILES string of the molecule is CCCCSc1nc(Nc2cc(N(CC)CC)ccc2N=Nc2c(S(=O)(=O)O)ccc3ccccc23)nc(Nc2cc(N(CC)CC)ccc2N=Nc2c(S(=O)(=O)O)ccc3ccccc23)n1. The molecule has 0 fully saturated rings. The summed E-state index contributed by atoms with van der Waals surface area (Å²) in [5, 5.41) is 27.5. The Morgan fingerprint density at radius 1 is 0.552 bits per heavy atom. The summed E-state index contributed by atoms with van der Waals surface area (Å²) in [5.41, 5.74) is 3.25. The predicted octanol–water partition coefficient (Wildman–Crippen LogP) is 12.6. The molecule has 4 N–H and O–H groups in total. The van der Waals surface area contributed by atoms with Gasteiger partial charge in [-0.1, -0.05) is 85.8 Å². The maximum absolute atomic E-state index is 12.6. The average Bonchev–Trinajstić information content (AvgIpc) is 3.31. The fourth-order valence-corrected chi connectivity index (χ4v) is 9.56. The minimum atomic E-state index is -4.67. The van der Waals surface area contributed by atoms with Crippen molar-refractivity contribution in [2.24, 2.45) is 20.5 Å². The summed E-state index contributed by atoms with van der Waals surface area (Å²) in [6, 6.07) is 31.1. The van der Waals surface area contributed by atoms with E-state index in [1.54, 1.807) is 48.5 Å². The van der Waals surface area contributed by atoms with Crippen LogP contribution in [0.5, 0.6) is 0 Å². The van der Waals surface area contributed by atoms with E-state index in [1.165, 1.54) is 23.9 Å². The van der Waals surface area contributed by atoms with E-state index in [-0.39, 0.29) is 33.1 Å². The second-order valence-corrected chi connectivity index (χ2v) is 18.9. The molecule has 0 radical (unpaired) electrons. The lowest BCUT2D eigenvalue weighted by atomic mass is 10.1. The van der Waals surface area contributed by atoms with Crippen LogP contribution >= 0.6 is 11.8 Å². The summed E-state index contributed by atoms with van der Waals surface area (Å²) < 4.78 is 70.6. The summed E-state index contributed by atoms with van der Waals surface area (Å²) in [4.78, 5) is 17.9. The Morgan fingerprint density at radius 3 is 1.39 bits per heavy atom. The normalized spacial score (nSPS) is 12.1. The van der Waals surface area contributed by atoms with Crippen LogP contribution in [-0.4, -0.2) is 72.8 Å². The molecule has 6 aromatic carbocycles. The van der Waals surface area contributed by atoms with E-state index in [0.29, 0.717) is 75.6 Å². The third-order valence-corrected chi connectivity index (χ3v) is 13.6. The zero-order chi connectivity index (χ0) is 47.7. The minimum absolute atomic E-state index is 0.0183. The topological polar surface area (TPSA) is 227 Å². The van der Waals surface area contributed by atoms with Gasteiger partial charge in [-0.25, -0.2) is 0 Å². The highest BCUT2D eigenvalue weighted by atomic mass is 32.2. The molecule has 0 atom stereocenters. The van der Waals surface area contributed by atoms with E-state index >= 15 is 0 Å². The van der Waals surface area contributed by atoms with Gasteiger partial charge in [0.2, 0.25) is 11.9 Å². The maximum atomic E-state index is 12.6. The molecule has 20 heteroatoms. The van der Waals surface area contributed by atoms with Gasteiger partial charge in [0.15, 0.2) is 5.16 Å². The van der Waals surface area contributed by atoms with E-state index in [1.807, 2.05) is 76.2 Å². The number of thioether (sulfide) groups is 1. The van der Waals surface area contributed by atoms with Gasteiger partial charge >= 0.3 is 0 Å². The third-order valence-electron chi connectivity index (χ3n) is 10.9. The Balaban J connectivity index is 1.34.